The number of nitrogens with zero attached hydrogens (tertiary/aromatic N) is 10. The molecule has 5 aromatic rings. The first-order valence-electron chi connectivity index (χ1n) is 21.4. The number of para-hydroxylation sites is 1. The smallest absolute Gasteiger partial charge is 0.329 e. The van der Waals surface area contributed by atoms with Gasteiger partial charge in [-0.3, -0.25) is 38.4 Å². The molecule has 3 amide bonds. The van der Waals surface area contributed by atoms with E-state index in [-0.39, 0.29) is 47.8 Å². The predicted molar refractivity (Wildman–Crippen MR) is 225 cm³/mol. The molecule has 3 saturated heterocycles. The Balaban J connectivity index is 0.769. The molecule has 4 aromatic heterocycles. The Labute approximate surface area is 356 Å². The highest BCUT2D eigenvalue weighted by atomic mass is 19.3. The van der Waals surface area contributed by atoms with Gasteiger partial charge in [-0.2, -0.15) is 10.2 Å². The summed E-state index contributed by atoms with van der Waals surface area (Å²) in [6.45, 7) is 9.00. The number of piperidine rings is 1. The summed E-state index contributed by atoms with van der Waals surface area (Å²) in [5.74, 6) is 6.36. The number of nitrogens with one attached hydrogen (secondary N) is 2. The number of ether oxygens (including phenoxy) is 1. The molecule has 2 atom stereocenters. The zero-order chi connectivity index (χ0) is 43.1. The van der Waals surface area contributed by atoms with Gasteiger partial charge in [-0.05, 0) is 63.1 Å². The fourth-order valence-corrected chi connectivity index (χ4v) is 9.36. The zero-order valence-electron chi connectivity index (χ0n) is 34.8. The lowest BCUT2D eigenvalue weighted by Crippen LogP contribution is -2.48. The van der Waals surface area contributed by atoms with Gasteiger partial charge in [0.2, 0.25) is 11.8 Å². The molecule has 9 rings (SSSR count). The van der Waals surface area contributed by atoms with Crippen LogP contribution in [0.25, 0.3) is 16.7 Å². The number of aromatic nitrogens is 7. The van der Waals surface area contributed by atoms with Crippen molar-refractivity contribution in [3.8, 4) is 11.8 Å². The molecule has 326 valence electrons. The fourth-order valence-electron chi connectivity index (χ4n) is 9.36. The van der Waals surface area contributed by atoms with Gasteiger partial charge in [-0.1, -0.05) is 17.9 Å². The van der Waals surface area contributed by atoms with Gasteiger partial charge in [0, 0.05) is 71.7 Å². The van der Waals surface area contributed by atoms with E-state index in [0.717, 1.165) is 58.4 Å². The molecular weight excluding hydrogens is 803 g/mol. The Morgan fingerprint density at radius 1 is 1.03 bits per heavy atom. The number of hydrogen-bond donors (Lipinski definition) is 2. The van der Waals surface area contributed by atoms with E-state index < -0.39 is 30.0 Å². The highest BCUT2D eigenvalue weighted by Gasteiger charge is 2.32. The molecule has 19 heteroatoms. The van der Waals surface area contributed by atoms with Crippen LogP contribution in [-0.2, 0) is 21.4 Å². The molecule has 4 aliphatic rings. The quantitative estimate of drug-likeness (QED) is 0.165. The largest absolute Gasteiger partial charge is 0.375 e. The third-order valence-corrected chi connectivity index (χ3v) is 12.7. The van der Waals surface area contributed by atoms with Crippen molar-refractivity contribution in [1.82, 2.24) is 48.6 Å². The molecule has 0 bridgehead atoms. The van der Waals surface area contributed by atoms with Crippen LogP contribution in [0.15, 0.2) is 47.7 Å². The highest BCUT2D eigenvalue weighted by molar-refractivity contribution is 6.08. The first kappa shape index (κ1) is 41.4. The minimum Gasteiger partial charge on any atom is -0.375 e. The van der Waals surface area contributed by atoms with E-state index in [0.29, 0.717) is 60.2 Å². The summed E-state index contributed by atoms with van der Waals surface area (Å²) in [7, 11) is 1.67. The van der Waals surface area contributed by atoms with Gasteiger partial charge < -0.3 is 19.9 Å². The van der Waals surface area contributed by atoms with Gasteiger partial charge in [0.05, 0.1) is 53.8 Å². The molecule has 7 heterocycles. The molecular formula is C43H50F2N12O5. The monoisotopic (exact) mass is 852 g/mol. The number of imidazole rings is 1. The van der Waals surface area contributed by atoms with Crippen LogP contribution < -0.4 is 21.2 Å². The number of benzene rings is 1. The topological polar surface area (TPSA) is 169 Å². The Hall–Kier alpha value is -5.97. The van der Waals surface area contributed by atoms with Crippen LogP contribution in [0.5, 0.6) is 0 Å². The molecule has 1 aliphatic carbocycles. The maximum atomic E-state index is 14.3. The molecule has 62 heavy (non-hydrogen) atoms. The van der Waals surface area contributed by atoms with E-state index in [2.05, 4.69) is 47.4 Å². The molecule has 1 aromatic carbocycles. The van der Waals surface area contributed by atoms with Crippen LogP contribution in [0.1, 0.15) is 85.6 Å². The van der Waals surface area contributed by atoms with Gasteiger partial charge >= 0.3 is 5.69 Å². The molecule has 0 radical (unpaired) electrons. The maximum Gasteiger partial charge on any atom is 0.329 e. The number of rotatable bonds is 9. The number of amides is 3. The number of piperazine rings is 1. The van der Waals surface area contributed by atoms with Gasteiger partial charge in [0.15, 0.2) is 11.3 Å². The first-order chi connectivity index (χ1) is 30.0. The number of imide groups is 1. The average molecular weight is 853 g/mol. The Morgan fingerprint density at radius 2 is 1.82 bits per heavy atom. The number of morpholine rings is 1. The fraction of sp³-hybridized carbons (Fsp3) is 0.512. The van der Waals surface area contributed by atoms with Crippen LogP contribution in [0.2, 0.25) is 0 Å². The van der Waals surface area contributed by atoms with E-state index in [1.807, 2.05) is 25.1 Å². The van der Waals surface area contributed by atoms with E-state index in [1.54, 1.807) is 24.0 Å². The Morgan fingerprint density at radius 3 is 2.58 bits per heavy atom. The predicted octanol–water partition coefficient (Wildman–Crippen LogP) is 3.37. The standard InChI is InChI=1S/C43H50F2N12O5/c1-27-24-54(21-22-62-27)35-14-16-55-40(48-35)31(23-46-55)41(59)47-32-26-56(50-37(32)39(44)45)30-10-8-28(9-11-30)25-53-19-17-52(18-20-53)15-4-6-29-5-3-7-33-38(29)51(2)43(61)57(33)34-12-13-36(58)49-42(34)60/h3,5,7,14,16,23,26-28,30,34,39H,8-13,15,17-22,24-25H2,1-2H3,(H,47,59)(H,49,58,60)/t27-,28?,30?,34?/m1/s1. The molecule has 0 spiro atoms. The molecule has 4 fully saturated rings. The lowest BCUT2D eigenvalue weighted by Gasteiger charge is -2.37. The third-order valence-electron chi connectivity index (χ3n) is 12.7. The third kappa shape index (κ3) is 8.33. The molecule has 2 N–H and O–H groups in total. The van der Waals surface area contributed by atoms with Crippen LogP contribution >= 0.6 is 0 Å². The summed E-state index contributed by atoms with van der Waals surface area (Å²) < 4.78 is 40.3. The number of alkyl halides is 2. The van der Waals surface area contributed by atoms with Crippen molar-refractivity contribution in [2.45, 2.75) is 70.1 Å². The van der Waals surface area contributed by atoms with Crippen molar-refractivity contribution in [3.63, 3.8) is 0 Å². The number of carbonyl (C=O) groups is 3. The summed E-state index contributed by atoms with van der Waals surface area (Å²) in [5, 5.41) is 13.6. The van der Waals surface area contributed by atoms with E-state index in [9.17, 15) is 28.0 Å². The lowest BCUT2D eigenvalue weighted by molar-refractivity contribution is -0.135. The summed E-state index contributed by atoms with van der Waals surface area (Å²) in [5.41, 5.74) is 1.70. The summed E-state index contributed by atoms with van der Waals surface area (Å²) >= 11 is 0. The van der Waals surface area contributed by atoms with E-state index >= 15 is 0 Å². The first-order valence-corrected chi connectivity index (χ1v) is 21.4. The minimum absolute atomic E-state index is 0.0151. The van der Waals surface area contributed by atoms with Gasteiger partial charge in [0.25, 0.3) is 12.3 Å². The van der Waals surface area contributed by atoms with Crippen molar-refractivity contribution in [2.75, 3.05) is 69.2 Å². The lowest BCUT2D eigenvalue weighted by atomic mass is 9.85. The second-order valence-electron chi connectivity index (χ2n) is 16.8. The van der Waals surface area contributed by atoms with Gasteiger partial charge in [0.1, 0.15) is 17.4 Å². The molecule has 3 aliphatic heterocycles. The molecule has 1 unspecified atom stereocenters. The maximum absolute atomic E-state index is 14.3. The normalized spacial score (nSPS) is 22.9. The van der Waals surface area contributed by atoms with Gasteiger partial charge in [-0.25, -0.2) is 23.1 Å². The highest BCUT2D eigenvalue weighted by Crippen LogP contribution is 2.36. The van der Waals surface area contributed by atoms with Crippen molar-refractivity contribution >= 4 is 45.9 Å². The second kappa shape index (κ2) is 17.4. The van der Waals surface area contributed by atoms with Crippen molar-refractivity contribution in [1.29, 1.82) is 0 Å². The summed E-state index contributed by atoms with van der Waals surface area (Å²) in [6, 6.07) is 6.55. The van der Waals surface area contributed by atoms with Gasteiger partial charge in [-0.15, -0.1) is 0 Å². The van der Waals surface area contributed by atoms with Crippen molar-refractivity contribution in [2.24, 2.45) is 13.0 Å². The van der Waals surface area contributed by atoms with E-state index in [1.165, 1.54) is 26.0 Å². The number of anilines is 2. The number of fused-ring (bicyclic) bond motifs is 2. The molecule has 1 saturated carbocycles. The number of aryl methyl sites for hydroxylation is 1. The Bertz CT molecular complexity index is 2620. The summed E-state index contributed by atoms with van der Waals surface area (Å²) in [6.07, 6.45) is 5.78. The SMILES string of the molecule is C[C@@H]1CN(c2ccn3ncc(C(=O)Nc4cn(C5CCC(CN6CCN(CC#Cc7cccc8c7n(C)c(=O)n8C7CCC(=O)NC7=O)CC6)CC5)nc4C(F)F)c3n2)CCO1. The molecule has 17 nitrogen and oxygen atoms in total. The van der Waals surface area contributed by atoms with Crippen LogP contribution in [0.4, 0.5) is 20.3 Å². The van der Waals surface area contributed by atoms with Crippen molar-refractivity contribution < 1.29 is 27.9 Å². The van der Waals surface area contributed by atoms with Crippen LogP contribution in [0.3, 0.4) is 0 Å². The van der Waals surface area contributed by atoms with E-state index in [4.69, 9.17) is 9.72 Å². The van der Waals surface area contributed by atoms with Crippen LogP contribution in [0, 0.1) is 17.8 Å². The second-order valence-corrected chi connectivity index (χ2v) is 16.8. The Kier molecular flexibility index (Phi) is 11.6. The van der Waals surface area contributed by atoms with Crippen LogP contribution in [-0.4, -0.2) is 126 Å². The number of hydrogen-bond acceptors (Lipinski definition) is 11. The van der Waals surface area contributed by atoms with Crippen molar-refractivity contribution in [3.05, 3.63) is 70.2 Å². The zero-order valence-corrected chi connectivity index (χ0v) is 34.8. The number of halogens is 2. The average Bonchev–Trinajstić information content (AvgIpc) is 3.96. The number of carbonyl (C=O) groups excluding carboxylic acids is 3. The minimum atomic E-state index is -2.87. The summed E-state index contributed by atoms with van der Waals surface area (Å²) in [4.78, 5) is 62.7.